The van der Waals surface area contributed by atoms with Crippen molar-refractivity contribution in [1.82, 2.24) is 4.90 Å². The first-order valence-corrected chi connectivity index (χ1v) is 10.9. The number of nitrogens with zero attached hydrogens (tertiary/aromatic N) is 2. The zero-order valence-corrected chi connectivity index (χ0v) is 18.7. The van der Waals surface area contributed by atoms with Crippen molar-refractivity contribution in [2.75, 3.05) is 18.0 Å². The Hall–Kier alpha value is -2.59. The number of carbonyl (C=O) groups excluding carboxylic acids is 2. The quantitative estimate of drug-likeness (QED) is 0.631. The van der Waals surface area contributed by atoms with Crippen LogP contribution in [0, 0.1) is 26.7 Å². The predicted molar refractivity (Wildman–Crippen MR) is 121 cm³/mol. The zero-order valence-electron chi connectivity index (χ0n) is 18.0. The molecule has 4 nitrogen and oxygen atoms in total. The predicted octanol–water partition coefficient (Wildman–Crippen LogP) is 5.28. The second-order valence-electron chi connectivity index (χ2n) is 8.61. The van der Waals surface area contributed by atoms with Gasteiger partial charge in [-0.15, -0.1) is 0 Å². The van der Waals surface area contributed by atoms with Gasteiger partial charge < -0.3 is 4.90 Å². The largest absolute Gasteiger partial charge is 0.366 e. The van der Waals surface area contributed by atoms with E-state index in [0.717, 1.165) is 48.2 Å². The van der Waals surface area contributed by atoms with Gasteiger partial charge in [-0.3, -0.25) is 9.59 Å². The molecule has 1 unspecified atom stereocenters. The molecule has 1 atom stereocenters. The maximum atomic E-state index is 13.7. The SMILES string of the molecule is Cc1ccc(C2=C(N3CCCC(C)C3)C(=O)N(c3cc(Cl)ccc3C)C2=O)c(C)c1. The number of halogens is 1. The summed E-state index contributed by atoms with van der Waals surface area (Å²) in [7, 11) is 0. The molecule has 0 N–H and O–H groups in total. The van der Waals surface area contributed by atoms with Crippen LogP contribution in [0.15, 0.2) is 42.1 Å². The summed E-state index contributed by atoms with van der Waals surface area (Å²) in [5.74, 6) is -0.0449. The molecular weight excluding hydrogens is 396 g/mol. The van der Waals surface area contributed by atoms with Crippen LogP contribution in [-0.4, -0.2) is 29.8 Å². The van der Waals surface area contributed by atoms with Gasteiger partial charge in [0.15, 0.2) is 0 Å². The fourth-order valence-corrected chi connectivity index (χ4v) is 4.75. The number of hydrogen-bond acceptors (Lipinski definition) is 3. The lowest BCUT2D eigenvalue weighted by molar-refractivity contribution is -0.120. The summed E-state index contributed by atoms with van der Waals surface area (Å²) in [6, 6.07) is 11.3. The lowest BCUT2D eigenvalue weighted by Gasteiger charge is -2.33. The Balaban J connectivity index is 1.89. The summed E-state index contributed by atoms with van der Waals surface area (Å²) in [5.41, 5.74) is 5.38. The molecule has 2 aromatic carbocycles. The van der Waals surface area contributed by atoms with E-state index in [1.54, 1.807) is 12.1 Å². The fourth-order valence-electron chi connectivity index (χ4n) is 4.58. The van der Waals surface area contributed by atoms with Crippen molar-refractivity contribution < 1.29 is 9.59 Å². The first kappa shape index (κ1) is 20.7. The maximum absolute atomic E-state index is 13.7. The van der Waals surface area contributed by atoms with Crippen molar-refractivity contribution in [1.29, 1.82) is 0 Å². The van der Waals surface area contributed by atoms with E-state index in [9.17, 15) is 9.59 Å². The van der Waals surface area contributed by atoms with Crippen LogP contribution in [0.25, 0.3) is 5.57 Å². The molecule has 0 bridgehead atoms. The van der Waals surface area contributed by atoms with E-state index in [1.165, 1.54) is 4.90 Å². The molecule has 0 aliphatic carbocycles. The van der Waals surface area contributed by atoms with E-state index < -0.39 is 0 Å². The highest BCUT2D eigenvalue weighted by molar-refractivity contribution is 6.46. The minimum absolute atomic E-state index is 0.255. The highest BCUT2D eigenvalue weighted by Gasteiger charge is 2.44. The van der Waals surface area contributed by atoms with Crippen molar-refractivity contribution in [3.05, 3.63) is 69.4 Å². The number of anilines is 1. The number of amides is 2. The van der Waals surface area contributed by atoms with Crippen LogP contribution in [0.1, 0.15) is 42.0 Å². The van der Waals surface area contributed by atoms with Gasteiger partial charge in [0.05, 0.1) is 11.3 Å². The summed E-state index contributed by atoms with van der Waals surface area (Å²) in [5, 5.41) is 0.504. The summed E-state index contributed by atoms with van der Waals surface area (Å²) in [6.07, 6.45) is 2.16. The van der Waals surface area contributed by atoms with Crippen molar-refractivity contribution in [2.24, 2.45) is 5.92 Å². The molecule has 0 radical (unpaired) electrons. The Morgan fingerprint density at radius 2 is 1.73 bits per heavy atom. The molecule has 2 aliphatic heterocycles. The molecule has 30 heavy (non-hydrogen) atoms. The van der Waals surface area contributed by atoms with Crippen LogP contribution in [-0.2, 0) is 9.59 Å². The molecule has 1 fully saturated rings. The molecule has 2 aromatic rings. The topological polar surface area (TPSA) is 40.6 Å². The monoisotopic (exact) mass is 422 g/mol. The van der Waals surface area contributed by atoms with E-state index >= 15 is 0 Å². The Labute approximate surface area is 183 Å². The Bertz CT molecular complexity index is 1070. The number of likely N-dealkylation sites (tertiary alicyclic amines) is 1. The van der Waals surface area contributed by atoms with Gasteiger partial charge in [-0.2, -0.15) is 0 Å². The van der Waals surface area contributed by atoms with Crippen LogP contribution < -0.4 is 4.90 Å². The molecule has 0 saturated carbocycles. The fraction of sp³-hybridized carbons (Fsp3) is 0.360. The second kappa shape index (κ2) is 7.92. The van der Waals surface area contributed by atoms with Gasteiger partial charge in [0.25, 0.3) is 11.8 Å². The Kier molecular flexibility index (Phi) is 5.46. The van der Waals surface area contributed by atoms with Gasteiger partial charge in [-0.1, -0.05) is 48.4 Å². The van der Waals surface area contributed by atoms with Crippen LogP contribution in [0.3, 0.4) is 0 Å². The van der Waals surface area contributed by atoms with Gasteiger partial charge in [0.1, 0.15) is 5.70 Å². The first-order chi connectivity index (χ1) is 14.3. The van der Waals surface area contributed by atoms with Crippen LogP contribution in [0.4, 0.5) is 5.69 Å². The molecule has 156 valence electrons. The molecular formula is C25H27ClN2O2. The number of piperidine rings is 1. The van der Waals surface area contributed by atoms with Gasteiger partial charge >= 0.3 is 0 Å². The van der Waals surface area contributed by atoms with Gasteiger partial charge in [0.2, 0.25) is 0 Å². The third kappa shape index (κ3) is 3.54. The molecule has 1 saturated heterocycles. The lowest BCUT2D eigenvalue weighted by atomic mass is 9.95. The van der Waals surface area contributed by atoms with Gasteiger partial charge in [-0.25, -0.2) is 4.90 Å². The standard InChI is InChI=1S/C25H27ClN2O2/c1-15-7-10-20(18(4)12-15)22-23(27-11-5-6-16(2)14-27)25(30)28(24(22)29)21-13-19(26)9-8-17(21)3/h7-10,12-13,16H,5-6,11,14H2,1-4H3. The molecule has 0 spiro atoms. The number of carbonyl (C=O) groups is 2. The Morgan fingerprint density at radius 1 is 0.967 bits per heavy atom. The average molecular weight is 423 g/mol. The molecule has 0 aromatic heterocycles. The van der Waals surface area contributed by atoms with E-state index in [2.05, 4.69) is 17.9 Å². The molecule has 2 aliphatic rings. The third-order valence-corrected chi connectivity index (χ3v) is 6.33. The first-order valence-electron chi connectivity index (χ1n) is 10.5. The molecule has 4 rings (SSSR count). The van der Waals surface area contributed by atoms with Crippen LogP contribution >= 0.6 is 11.6 Å². The van der Waals surface area contributed by atoms with Crippen molar-refractivity contribution in [2.45, 2.75) is 40.5 Å². The molecule has 5 heteroatoms. The van der Waals surface area contributed by atoms with E-state index in [-0.39, 0.29) is 11.8 Å². The smallest absolute Gasteiger partial charge is 0.282 e. The summed E-state index contributed by atoms with van der Waals surface area (Å²) in [4.78, 5) is 30.9. The normalized spacial score (nSPS) is 19.8. The van der Waals surface area contributed by atoms with E-state index in [0.29, 0.717) is 27.9 Å². The van der Waals surface area contributed by atoms with Crippen molar-refractivity contribution in [3.8, 4) is 0 Å². The number of rotatable bonds is 3. The number of imide groups is 1. The number of benzene rings is 2. The second-order valence-corrected chi connectivity index (χ2v) is 9.05. The highest BCUT2D eigenvalue weighted by Crippen LogP contribution is 2.39. The highest BCUT2D eigenvalue weighted by atomic mass is 35.5. The summed E-state index contributed by atoms with van der Waals surface area (Å²) >= 11 is 6.22. The lowest BCUT2D eigenvalue weighted by Crippen LogP contribution is -2.39. The molecule has 2 amide bonds. The minimum Gasteiger partial charge on any atom is -0.366 e. The third-order valence-electron chi connectivity index (χ3n) is 6.10. The number of hydrogen-bond donors (Lipinski definition) is 0. The number of aryl methyl sites for hydroxylation is 3. The average Bonchev–Trinajstić information content (AvgIpc) is 2.94. The van der Waals surface area contributed by atoms with Crippen molar-refractivity contribution >= 4 is 34.7 Å². The minimum atomic E-state index is -0.273. The van der Waals surface area contributed by atoms with Crippen LogP contribution in [0.5, 0.6) is 0 Å². The van der Waals surface area contributed by atoms with Gasteiger partial charge in [0, 0.05) is 18.1 Å². The molecule has 2 heterocycles. The van der Waals surface area contributed by atoms with Gasteiger partial charge in [-0.05, 0) is 68.4 Å². The Morgan fingerprint density at radius 3 is 2.43 bits per heavy atom. The van der Waals surface area contributed by atoms with E-state index in [1.807, 2.05) is 39.0 Å². The maximum Gasteiger partial charge on any atom is 0.282 e. The van der Waals surface area contributed by atoms with Crippen LogP contribution in [0.2, 0.25) is 5.02 Å². The van der Waals surface area contributed by atoms with Crippen molar-refractivity contribution in [3.63, 3.8) is 0 Å². The zero-order chi connectivity index (χ0) is 21.6. The summed E-state index contributed by atoms with van der Waals surface area (Å²) < 4.78 is 0. The van der Waals surface area contributed by atoms with E-state index in [4.69, 9.17) is 11.6 Å². The summed E-state index contributed by atoms with van der Waals surface area (Å²) in [6.45, 7) is 9.69.